The molecule has 0 spiro atoms. The van der Waals surface area contributed by atoms with Gasteiger partial charge in [0.15, 0.2) is 11.5 Å². The van der Waals surface area contributed by atoms with Crippen molar-refractivity contribution in [2.24, 2.45) is 0 Å². The highest BCUT2D eigenvalue weighted by atomic mass is 16.5. The summed E-state index contributed by atoms with van der Waals surface area (Å²) in [4.78, 5) is 28.4. The van der Waals surface area contributed by atoms with E-state index in [1.54, 1.807) is 43.6 Å². The number of nitrogens with one attached hydrogen (secondary N) is 2. The lowest BCUT2D eigenvalue weighted by Gasteiger charge is -2.15. The third-order valence-corrected chi connectivity index (χ3v) is 3.58. The number of carbonyl (C=O) groups excluding carboxylic acids is 2. The van der Waals surface area contributed by atoms with Crippen LogP contribution in [0.3, 0.4) is 0 Å². The van der Waals surface area contributed by atoms with Gasteiger partial charge in [0.25, 0.3) is 5.91 Å². The van der Waals surface area contributed by atoms with E-state index in [-0.39, 0.29) is 11.8 Å². The fourth-order valence-corrected chi connectivity index (χ4v) is 2.17. The standard InChI is InChI=1S/C18H21N3O4/c1-12(17(22)20-11-13-5-4-8-19-10-13)21-18(23)14-6-7-15(24-2)16(9-14)25-3/h4-10,12H,11H2,1-3H3,(H,20,22)(H,21,23)/t12-/m0/s1. The van der Waals surface area contributed by atoms with Crippen molar-refractivity contribution in [2.45, 2.75) is 19.5 Å². The maximum Gasteiger partial charge on any atom is 0.252 e. The van der Waals surface area contributed by atoms with E-state index in [2.05, 4.69) is 15.6 Å². The molecule has 0 aliphatic carbocycles. The number of rotatable bonds is 7. The van der Waals surface area contributed by atoms with Crippen molar-refractivity contribution in [3.8, 4) is 11.5 Å². The number of hydrogen-bond donors (Lipinski definition) is 2. The van der Waals surface area contributed by atoms with Crippen LogP contribution in [0.25, 0.3) is 0 Å². The van der Waals surface area contributed by atoms with Crippen LogP contribution in [0, 0.1) is 0 Å². The predicted molar refractivity (Wildman–Crippen MR) is 92.6 cm³/mol. The van der Waals surface area contributed by atoms with Crippen molar-refractivity contribution >= 4 is 11.8 Å². The van der Waals surface area contributed by atoms with E-state index in [1.165, 1.54) is 14.2 Å². The number of benzene rings is 1. The molecule has 1 aromatic heterocycles. The first-order valence-corrected chi connectivity index (χ1v) is 7.74. The Morgan fingerprint density at radius 2 is 1.92 bits per heavy atom. The molecule has 25 heavy (non-hydrogen) atoms. The summed E-state index contributed by atoms with van der Waals surface area (Å²) in [6.07, 6.45) is 3.34. The van der Waals surface area contributed by atoms with E-state index in [1.807, 2.05) is 6.07 Å². The Bertz CT molecular complexity index is 734. The Morgan fingerprint density at radius 1 is 1.16 bits per heavy atom. The highest BCUT2D eigenvalue weighted by Crippen LogP contribution is 2.27. The molecule has 0 radical (unpaired) electrons. The lowest BCUT2D eigenvalue weighted by molar-refractivity contribution is -0.122. The van der Waals surface area contributed by atoms with Crippen LogP contribution in [0.2, 0.25) is 0 Å². The molecule has 0 fully saturated rings. The number of pyridine rings is 1. The van der Waals surface area contributed by atoms with Gasteiger partial charge in [0.1, 0.15) is 6.04 Å². The van der Waals surface area contributed by atoms with Crippen LogP contribution in [-0.2, 0) is 11.3 Å². The summed E-state index contributed by atoms with van der Waals surface area (Å²) >= 11 is 0. The summed E-state index contributed by atoms with van der Waals surface area (Å²) < 4.78 is 10.3. The Labute approximate surface area is 146 Å². The minimum absolute atomic E-state index is 0.280. The van der Waals surface area contributed by atoms with Crippen molar-refractivity contribution in [3.63, 3.8) is 0 Å². The monoisotopic (exact) mass is 343 g/mol. The second-order valence-electron chi connectivity index (χ2n) is 5.34. The van der Waals surface area contributed by atoms with Crippen molar-refractivity contribution in [1.82, 2.24) is 15.6 Å². The molecule has 0 bridgehead atoms. The number of methoxy groups -OCH3 is 2. The van der Waals surface area contributed by atoms with Gasteiger partial charge in [-0.05, 0) is 36.8 Å². The number of nitrogens with zero attached hydrogens (tertiary/aromatic N) is 1. The van der Waals surface area contributed by atoms with Crippen molar-refractivity contribution in [3.05, 3.63) is 53.9 Å². The molecule has 0 saturated carbocycles. The molecule has 2 aromatic rings. The summed E-state index contributed by atoms with van der Waals surface area (Å²) in [6, 6.07) is 7.79. The molecule has 7 heteroatoms. The number of aromatic nitrogens is 1. The molecule has 0 saturated heterocycles. The van der Waals surface area contributed by atoms with E-state index in [9.17, 15) is 9.59 Å². The quantitative estimate of drug-likeness (QED) is 0.796. The molecular weight excluding hydrogens is 322 g/mol. The van der Waals surface area contributed by atoms with Crippen molar-refractivity contribution in [1.29, 1.82) is 0 Å². The second kappa shape index (κ2) is 8.68. The summed E-state index contributed by atoms with van der Waals surface area (Å²) in [5.74, 6) is 0.327. The SMILES string of the molecule is COc1ccc(C(=O)N[C@@H](C)C(=O)NCc2cccnc2)cc1OC. The topological polar surface area (TPSA) is 89.5 Å². The van der Waals surface area contributed by atoms with E-state index in [4.69, 9.17) is 9.47 Å². The highest BCUT2D eigenvalue weighted by Gasteiger charge is 2.17. The third-order valence-electron chi connectivity index (χ3n) is 3.58. The van der Waals surface area contributed by atoms with Gasteiger partial charge in [0.05, 0.1) is 14.2 Å². The first-order valence-electron chi connectivity index (χ1n) is 7.74. The Balaban J connectivity index is 1.93. The van der Waals surface area contributed by atoms with Crippen molar-refractivity contribution < 1.29 is 19.1 Å². The molecule has 0 aliphatic rings. The molecule has 132 valence electrons. The van der Waals surface area contributed by atoms with Crippen LogP contribution in [0.1, 0.15) is 22.8 Å². The molecule has 1 aromatic carbocycles. The number of carbonyl (C=O) groups is 2. The lowest BCUT2D eigenvalue weighted by Crippen LogP contribution is -2.44. The summed E-state index contributed by atoms with van der Waals surface area (Å²) in [5.41, 5.74) is 1.26. The van der Waals surface area contributed by atoms with Gasteiger partial charge in [0.2, 0.25) is 5.91 Å². The van der Waals surface area contributed by atoms with Gasteiger partial charge < -0.3 is 20.1 Å². The summed E-state index contributed by atoms with van der Waals surface area (Å²) in [6.45, 7) is 1.97. The molecule has 2 rings (SSSR count). The van der Waals surface area contributed by atoms with E-state index < -0.39 is 6.04 Å². The van der Waals surface area contributed by atoms with Gasteiger partial charge in [0, 0.05) is 24.5 Å². The van der Waals surface area contributed by atoms with Gasteiger partial charge in [-0.3, -0.25) is 14.6 Å². The van der Waals surface area contributed by atoms with Crippen LogP contribution >= 0.6 is 0 Å². The maximum absolute atomic E-state index is 12.3. The summed E-state index contributed by atoms with van der Waals surface area (Å²) in [5, 5.41) is 5.42. The highest BCUT2D eigenvalue weighted by molar-refractivity contribution is 5.97. The Morgan fingerprint density at radius 3 is 2.56 bits per heavy atom. The van der Waals surface area contributed by atoms with Crippen molar-refractivity contribution in [2.75, 3.05) is 14.2 Å². The lowest BCUT2D eigenvalue weighted by atomic mass is 10.1. The van der Waals surface area contributed by atoms with Crippen LogP contribution in [0.5, 0.6) is 11.5 Å². The molecule has 2 amide bonds. The van der Waals surface area contributed by atoms with Gasteiger partial charge in [-0.1, -0.05) is 6.07 Å². The van der Waals surface area contributed by atoms with Crippen LogP contribution in [0.15, 0.2) is 42.7 Å². The van der Waals surface area contributed by atoms with Crippen LogP contribution < -0.4 is 20.1 Å². The van der Waals surface area contributed by atoms with Gasteiger partial charge in [-0.2, -0.15) is 0 Å². The zero-order valence-corrected chi connectivity index (χ0v) is 14.4. The molecule has 0 unspecified atom stereocenters. The van der Waals surface area contributed by atoms with Crippen LogP contribution in [0.4, 0.5) is 0 Å². The van der Waals surface area contributed by atoms with Gasteiger partial charge >= 0.3 is 0 Å². The first-order chi connectivity index (χ1) is 12.0. The molecular formula is C18H21N3O4. The minimum Gasteiger partial charge on any atom is -0.493 e. The average molecular weight is 343 g/mol. The Kier molecular flexibility index (Phi) is 6.33. The molecule has 1 heterocycles. The third kappa shape index (κ3) is 4.94. The first kappa shape index (κ1) is 18.3. The normalized spacial score (nSPS) is 11.3. The molecule has 2 N–H and O–H groups in total. The van der Waals surface area contributed by atoms with Gasteiger partial charge in [-0.15, -0.1) is 0 Å². The number of ether oxygens (including phenoxy) is 2. The number of amides is 2. The zero-order chi connectivity index (χ0) is 18.2. The maximum atomic E-state index is 12.3. The van der Waals surface area contributed by atoms with E-state index >= 15 is 0 Å². The van der Waals surface area contributed by atoms with E-state index in [0.717, 1.165) is 5.56 Å². The average Bonchev–Trinajstić information content (AvgIpc) is 2.66. The largest absolute Gasteiger partial charge is 0.493 e. The minimum atomic E-state index is -0.683. The fourth-order valence-electron chi connectivity index (χ4n) is 2.17. The zero-order valence-electron chi connectivity index (χ0n) is 14.4. The van der Waals surface area contributed by atoms with Crippen LogP contribution in [-0.4, -0.2) is 37.1 Å². The van der Waals surface area contributed by atoms with E-state index in [0.29, 0.717) is 23.6 Å². The molecule has 1 atom stereocenters. The smallest absolute Gasteiger partial charge is 0.252 e. The number of hydrogen-bond acceptors (Lipinski definition) is 5. The fraction of sp³-hybridized carbons (Fsp3) is 0.278. The molecule has 7 nitrogen and oxygen atoms in total. The summed E-state index contributed by atoms with van der Waals surface area (Å²) in [7, 11) is 3.01. The second-order valence-corrected chi connectivity index (χ2v) is 5.34. The predicted octanol–water partition coefficient (Wildman–Crippen LogP) is 1.53. The molecule has 0 aliphatic heterocycles. The Hall–Kier alpha value is -3.09. The van der Waals surface area contributed by atoms with Gasteiger partial charge in [-0.25, -0.2) is 0 Å².